The Morgan fingerprint density at radius 3 is 2.39 bits per heavy atom. The number of benzene rings is 1. The second-order valence-electron chi connectivity index (χ2n) is 8.25. The van der Waals surface area contributed by atoms with Crippen molar-refractivity contribution in [3.05, 3.63) is 102 Å². The summed E-state index contributed by atoms with van der Waals surface area (Å²) >= 11 is 0. The predicted molar refractivity (Wildman–Crippen MR) is 134 cm³/mol. The molecule has 174 valence electrons. The van der Waals surface area contributed by atoms with Crippen molar-refractivity contribution < 1.29 is 9.50 Å². The van der Waals surface area contributed by atoms with E-state index in [1.807, 2.05) is 25.1 Å². The minimum atomic E-state index is -0.609. The summed E-state index contributed by atoms with van der Waals surface area (Å²) < 4.78 is 14.4. The number of halogens is 1. The zero-order valence-electron chi connectivity index (χ0n) is 20.2. The minimum absolute atomic E-state index is 0.0435. The van der Waals surface area contributed by atoms with Gasteiger partial charge in [0.1, 0.15) is 11.9 Å². The Balaban J connectivity index is 2.22. The molecule has 5 nitrogen and oxygen atoms in total. The third-order valence-electron chi connectivity index (χ3n) is 6.06. The number of likely N-dealkylation sites (N-methyl/N-ethyl adjacent to an activating group) is 2. The van der Waals surface area contributed by atoms with E-state index in [0.717, 1.165) is 24.4 Å². The van der Waals surface area contributed by atoms with Crippen LogP contribution in [0.4, 0.5) is 4.39 Å². The average Bonchev–Trinajstić information content (AvgIpc) is 2.75. The van der Waals surface area contributed by atoms with Crippen molar-refractivity contribution in [3.8, 4) is 6.07 Å². The lowest BCUT2D eigenvalue weighted by Gasteiger charge is -2.45. The van der Waals surface area contributed by atoms with Crippen LogP contribution in [0, 0.1) is 24.1 Å². The Kier molecular flexibility index (Phi) is 8.44. The third kappa shape index (κ3) is 5.44. The van der Waals surface area contributed by atoms with Crippen LogP contribution in [-0.4, -0.2) is 60.1 Å². The number of likely N-dealkylation sites (tertiary alicyclic amines) is 1. The quantitative estimate of drug-likeness (QED) is 0.419. The number of hydrogen-bond acceptors (Lipinski definition) is 5. The number of nitrogens with zero attached hydrogens (tertiary/aromatic N) is 4. The molecule has 0 atom stereocenters. The fourth-order valence-electron chi connectivity index (χ4n) is 3.54. The van der Waals surface area contributed by atoms with Crippen LogP contribution >= 0.6 is 0 Å². The number of allylic oxidation sites excluding steroid dienone is 5. The first-order valence-electron chi connectivity index (χ1n) is 10.7. The van der Waals surface area contributed by atoms with E-state index in [1.165, 1.54) is 17.0 Å². The van der Waals surface area contributed by atoms with Crippen molar-refractivity contribution in [1.29, 1.82) is 5.26 Å². The van der Waals surface area contributed by atoms with Gasteiger partial charge in [0.05, 0.1) is 5.56 Å². The molecule has 1 aromatic carbocycles. The van der Waals surface area contributed by atoms with Crippen LogP contribution in [0.5, 0.6) is 0 Å². The van der Waals surface area contributed by atoms with Crippen molar-refractivity contribution in [2.45, 2.75) is 19.9 Å². The standard InChI is InChI=1S/C27H33FN4O/c1-9-21(20(5)32-16-23(17-32)30(6)7)12-11-18(3)31(8)27(33)24(10-2)25-14-13-22(15-29)26(28)19(25)4/h9-14,23,33H,2-3,5,16-17H2,1,4,6-8H3/b12-11-,21-9?,27-24-. The molecular formula is C27H33FN4O. The van der Waals surface area contributed by atoms with Gasteiger partial charge in [-0.25, -0.2) is 4.39 Å². The first-order chi connectivity index (χ1) is 15.6. The van der Waals surface area contributed by atoms with Crippen molar-refractivity contribution >= 4 is 5.57 Å². The molecular weight excluding hydrogens is 415 g/mol. The molecule has 6 heteroatoms. The monoisotopic (exact) mass is 448 g/mol. The Labute approximate surface area is 197 Å². The molecule has 0 unspecified atom stereocenters. The number of aliphatic hydroxyl groups excluding tert-OH is 1. The topological polar surface area (TPSA) is 53.7 Å². The van der Waals surface area contributed by atoms with Crippen LogP contribution < -0.4 is 0 Å². The maximum Gasteiger partial charge on any atom is 0.199 e. The highest BCUT2D eigenvalue weighted by atomic mass is 19.1. The molecule has 1 aliphatic heterocycles. The summed E-state index contributed by atoms with van der Waals surface area (Å²) in [5, 5.41) is 19.9. The number of aliphatic hydroxyl groups is 1. The van der Waals surface area contributed by atoms with Crippen molar-refractivity contribution in [2.24, 2.45) is 0 Å². The molecule has 0 radical (unpaired) electrons. The lowest BCUT2D eigenvalue weighted by Crippen LogP contribution is -2.56. The molecule has 0 aromatic heterocycles. The first-order valence-corrected chi connectivity index (χ1v) is 10.7. The lowest BCUT2D eigenvalue weighted by molar-refractivity contribution is 0.0972. The summed E-state index contributed by atoms with van der Waals surface area (Å²) in [4.78, 5) is 5.94. The van der Waals surface area contributed by atoms with Gasteiger partial charge in [0.15, 0.2) is 5.88 Å². The summed E-state index contributed by atoms with van der Waals surface area (Å²) in [6, 6.07) is 5.35. The SMILES string of the molecule is C=C/C(=C(/O)N(C)C(=C)/C=C\C(=CC)C(=C)N1CC(N(C)C)C1)c1ccc(C#N)c(F)c1C. The van der Waals surface area contributed by atoms with Crippen molar-refractivity contribution in [2.75, 3.05) is 34.2 Å². The van der Waals surface area contributed by atoms with E-state index in [0.29, 0.717) is 22.9 Å². The molecule has 1 saturated heterocycles. The van der Waals surface area contributed by atoms with Crippen LogP contribution in [0.2, 0.25) is 0 Å². The van der Waals surface area contributed by atoms with E-state index in [4.69, 9.17) is 5.26 Å². The maximum atomic E-state index is 14.4. The van der Waals surface area contributed by atoms with E-state index < -0.39 is 5.82 Å². The summed E-state index contributed by atoms with van der Waals surface area (Å²) in [7, 11) is 5.82. The van der Waals surface area contributed by atoms with Crippen LogP contribution in [0.25, 0.3) is 5.57 Å². The molecule has 1 N–H and O–H groups in total. The van der Waals surface area contributed by atoms with Gasteiger partial charge < -0.3 is 19.8 Å². The average molecular weight is 449 g/mol. The Bertz CT molecular complexity index is 1080. The van der Waals surface area contributed by atoms with Gasteiger partial charge in [0, 0.05) is 43.1 Å². The van der Waals surface area contributed by atoms with Crippen LogP contribution in [0.3, 0.4) is 0 Å². The van der Waals surface area contributed by atoms with Gasteiger partial charge in [0.25, 0.3) is 0 Å². The highest BCUT2D eigenvalue weighted by Gasteiger charge is 2.29. The second-order valence-corrected chi connectivity index (χ2v) is 8.25. The predicted octanol–water partition coefficient (Wildman–Crippen LogP) is 5.13. The summed E-state index contributed by atoms with van der Waals surface area (Å²) in [6.07, 6.45) is 7.16. The zero-order chi connectivity index (χ0) is 24.9. The van der Waals surface area contributed by atoms with Crippen molar-refractivity contribution in [3.63, 3.8) is 0 Å². The molecule has 1 fully saturated rings. The first kappa shape index (κ1) is 25.7. The van der Waals surface area contributed by atoms with E-state index in [1.54, 1.807) is 26.1 Å². The smallest absolute Gasteiger partial charge is 0.199 e. The van der Waals surface area contributed by atoms with Crippen LogP contribution in [0.1, 0.15) is 23.6 Å². The van der Waals surface area contributed by atoms with E-state index in [-0.39, 0.29) is 17.0 Å². The minimum Gasteiger partial charge on any atom is -0.494 e. The molecule has 1 aliphatic rings. The molecule has 33 heavy (non-hydrogen) atoms. The number of hydrogen-bond donors (Lipinski definition) is 1. The molecule has 1 heterocycles. The molecule has 0 amide bonds. The van der Waals surface area contributed by atoms with E-state index in [2.05, 4.69) is 43.6 Å². The highest BCUT2D eigenvalue weighted by molar-refractivity contribution is 5.77. The fourth-order valence-corrected chi connectivity index (χ4v) is 3.54. The Hall–Kier alpha value is -3.56. The van der Waals surface area contributed by atoms with Gasteiger partial charge in [-0.2, -0.15) is 5.26 Å². The van der Waals surface area contributed by atoms with Gasteiger partial charge in [-0.15, -0.1) is 0 Å². The Morgan fingerprint density at radius 1 is 1.24 bits per heavy atom. The molecule has 0 spiro atoms. The summed E-state index contributed by atoms with van der Waals surface area (Å²) in [5.41, 5.74) is 3.47. The summed E-state index contributed by atoms with van der Waals surface area (Å²) in [5.74, 6) is -0.730. The second kappa shape index (κ2) is 10.8. The third-order valence-corrected chi connectivity index (χ3v) is 6.06. The summed E-state index contributed by atoms with van der Waals surface area (Å²) in [6.45, 7) is 17.4. The lowest BCUT2D eigenvalue weighted by atomic mass is 9.97. The normalized spacial score (nSPS) is 15.2. The van der Waals surface area contributed by atoms with E-state index in [9.17, 15) is 9.50 Å². The number of nitriles is 1. The molecule has 0 aliphatic carbocycles. The molecule has 2 rings (SSSR count). The van der Waals surface area contributed by atoms with Gasteiger partial charge in [-0.1, -0.05) is 44.0 Å². The van der Waals surface area contributed by atoms with Crippen LogP contribution in [0.15, 0.2) is 79.0 Å². The number of rotatable bonds is 9. The molecule has 0 saturated carbocycles. The largest absolute Gasteiger partial charge is 0.494 e. The fraction of sp³-hybridized carbons (Fsp3) is 0.296. The Morgan fingerprint density at radius 2 is 1.88 bits per heavy atom. The molecule has 1 aromatic rings. The zero-order valence-corrected chi connectivity index (χ0v) is 20.2. The highest BCUT2D eigenvalue weighted by Crippen LogP contribution is 2.28. The van der Waals surface area contributed by atoms with Gasteiger partial charge >= 0.3 is 0 Å². The van der Waals surface area contributed by atoms with Gasteiger partial charge in [-0.05, 0) is 56.8 Å². The molecule has 0 bridgehead atoms. The maximum absolute atomic E-state index is 14.4. The van der Waals surface area contributed by atoms with Gasteiger partial charge in [-0.3, -0.25) is 0 Å². The van der Waals surface area contributed by atoms with Gasteiger partial charge in [0.2, 0.25) is 0 Å². The van der Waals surface area contributed by atoms with E-state index >= 15 is 0 Å². The van der Waals surface area contributed by atoms with Crippen molar-refractivity contribution in [1.82, 2.24) is 14.7 Å². The van der Waals surface area contributed by atoms with Crippen LogP contribution in [-0.2, 0) is 0 Å².